The summed E-state index contributed by atoms with van der Waals surface area (Å²) in [5.74, 6) is -0.548. The summed E-state index contributed by atoms with van der Waals surface area (Å²) >= 11 is 0. The first-order valence-corrected chi connectivity index (χ1v) is 4.56. The van der Waals surface area contributed by atoms with Gasteiger partial charge in [0.15, 0.2) is 6.10 Å². The first kappa shape index (κ1) is 8.99. The fourth-order valence-electron chi connectivity index (χ4n) is 1.55. The number of nitrogens with zero attached hydrogens (tertiary/aromatic N) is 1. The van der Waals surface area contributed by atoms with Crippen molar-refractivity contribution in [2.75, 3.05) is 0 Å². The van der Waals surface area contributed by atoms with Crippen LogP contribution in [0.15, 0.2) is 29.0 Å². The minimum atomic E-state index is -0.773. The number of carboxylic acid groups (broad SMARTS) is 1. The van der Waals surface area contributed by atoms with Crippen LogP contribution in [-0.2, 0) is 9.63 Å². The number of carboxylic acids is 1. The fraction of sp³-hybridized carbons (Fsp3) is 0.400. The van der Waals surface area contributed by atoms with Crippen molar-refractivity contribution in [1.82, 2.24) is 0 Å². The van der Waals surface area contributed by atoms with Crippen molar-refractivity contribution in [1.29, 1.82) is 0 Å². The van der Waals surface area contributed by atoms with E-state index in [2.05, 4.69) is 5.16 Å². The number of allylic oxidation sites excluding steroid dienone is 2. The summed E-state index contributed by atoms with van der Waals surface area (Å²) in [5.41, 5.74) is 1.01. The van der Waals surface area contributed by atoms with Gasteiger partial charge in [0, 0.05) is 6.42 Å². The van der Waals surface area contributed by atoms with Gasteiger partial charge in [0.05, 0.1) is 12.1 Å². The van der Waals surface area contributed by atoms with Crippen LogP contribution < -0.4 is 0 Å². The van der Waals surface area contributed by atoms with Gasteiger partial charge in [0.25, 0.3) is 0 Å². The molecule has 0 radical (unpaired) electrons. The molecule has 0 aromatic heterocycles. The van der Waals surface area contributed by atoms with Crippen molar-refractivity contribution in [3.05, 3.63) is 23.8 Å². The lowest BCUT2D eigenvalue weighted by atomic mass is 9.93. The number of fused-ring (bicyclic) bond motifs is 1. The minimum absolute atomic E-state index is 0.0243. The Morgan fingerprint density at radius 2 is 2.50 bits per heavy atom. The smallest absolute Gasteiger partial charge is 0.303 e. The number of hydrogen-bond acceptors (Lipinski definition) is 3. The third kappa shape index (κ3) is 1.84. The molecular formula is C10H11NO3. The number of carbonyl (C=O) groups is 1. The third-order valence-corrected chi connectivity index (χ3v) is 2.33. The summed E-state index contributed by atoms with van der Waals surface area (Å²) in [6, 6.07) is 0. The number of hydrogen-bond donors (Lipinski definition) is 1. The van der Waals surface area contributed by atoms with E-state index >= 15 is 0 Å². The molecule has 1 aliphatic carbocycles. The van der Waals surface area contributed by atoms with E-state index in [1.54, 1.807) is 6.21 Å². The van der Waals surface area contributed by atoms with E-state index in [0.29, 0.717) is 6.42 Å². The van der Waals surface area contributed by atoms with Crippen LogP contribution in [0, 0.1) is 5.92 Å². The van der Waals surface area contributed by atoms with Gasteiger partial charge in [-0.1, -0.05) is 17.3 Å². The Morgan fingerprint density at radius 1 is 1.64 bits per heavy atom. The summed E-state index contributed by atoms with van der Waals surface area (Å²) in [7, 11) is 0. The fourth-order valence-corrected chi connectivity index (χ4v) is 1.55. The third-order valence-electron chi connectivity index (χ3n) is 2.33. The first-order valence-electron chi connectivity index (χ1n) is 4.56. The highest BCUT2D eigenvalue weighted by molar-refractivity contribution is 5.68. The van der Waals surface area contributed by atoms with Gasteiger partial charge in [-0.3, -0.25) is 4.79 Å². The lowest BCUT2D eigenvalue weighted by Gasteiger charge is -2.15. The molecule has 0 bridgehead atoms. The Bertz CT molecular complexity index is 330. The van der Waals surface area contributed by atoms with Crippen LogP contribution in [0.4, 0.5) is 0 Å². The van der Waals surface area contributed by atoms with Gasteiger partial charge >= 0.3 is 5.97 Å². The molecular weight excluding hydrogens is 182 g/mol. The Morgan fingerprint density at radius 3 is 3.29 bits per heavy atom. The summed E-state index contributed by atoms with van der Waals surface area (Å²) < 4.78 is 0. The SMILES string of the molecule is O=C(O)CCC1=CC2ON=CC2C=C1. The second-order valence-corrected chi connectivity index (χ2v) is 3.40. The standard InChI is InChI=1S/C10H11NO3/c12-10(13)4-2-7-1-3-8-6-11-14-9(8)5-7/h1,3,5-6,8-9H,2,4H2,(H,12,13). The van der Waals surface area contributed by atoms with Crippen LogP contribution >= 0.6 is 0 Å². The highest BCUT2D eigenvalue weighted by Gasteiger charge is 2.25. The normalized spacial score (nSPS) is 28.1. The molecule has 2 rings (SSSR count). The number of aliphatic carboxylic acids is 1. The van der Waals surface area contributed by atoms with Gasteiger partial charge in [0.2, 0.25) is 0 Å². The largest absolute Gasteiger partial charge is 0.481 e. The maximum atomic E-state index is 10.4. The Kier molecular flexibility index (Phi) is 2.35. The molecule has 0 aromatic carbocycles. The number of rotatable bonds is 3. The molecule has 0 saturated heterocycles. The Balaban J connectivity index is 1.95. The molecule has 4 heteroatoms. The molecule has 1 heterocycles. The molecule has 4 nitrogen and oxygen atoms in total. The predicted octanol–water partition coefficient (Wildman–Crippen LogP) is 1.35. The molecule has 1 aliphatic heterocycles. The summed E-state index contributed by atoms with van der Waals surface area (Å²) in [4.78, 5) is 15.5. The van der Waals surface area contributed by atoms with Crippen LogP contribution in [0.25, 0.3) is 0 Å². The van der Waals surface area contributed by atoms with E-state index in [-0.39, 0.29) is 18.4 Å². The minimum Gasteiger partial charge on any atom is -0.481 e. The average molecular weight is 193 g/mol. The molecule has 1 N–H and O–H groups in total. The van der Waals surface area contributed by atoms with Crippen LogP contribution in [0.1, 0.15) is 12.8 Å². The molecule has 2 unspecified atom stereocenters. The van der Waals surface area contributed by atoms with Crippen molar-refractivity contribution < 1.29 is 14.7 Å². The highest BCUT2D eigenvalue weighted by Crippen LogP contribution is 2.24. The maximum absolute atomic E-state index is 10.4. The zero-order valence-corrected chi connectivity index (χ0v) is 7.59. The van der Waals surface area contributed by atoms with E-state index in [4.69, 9.17) is 9.94 Å². The maximum Gasteiger partial charge on any atom is 0.303 e. The summed E-state index contributed by atoms with van der Waals surface area (Å²) in [6.07, 6.45) is 8.34. The summed E-state index contributed by atoms with van der Waals surface area (Å²) in [6.45, 7) is 0. The van der Waals surface area contributed by atoms with Crippen molar-refractivity contribution >= 4 is 12.2 Å². The molecule has 0 aromatic rings. The molecule has 0 spiro atoms. The molecule has 74 valence electrons. The van der Waals surface area contributed by atoms with Gasteiger partial charge in [-0.15, -0.1) is 0 Å². The Labute approximate surface area is 81.6 Å². The van der Waals surface area contributed by atoms with Gasteiger partial charge < -0.3 is 9.94 Å². The topological polar surface area (TPSA) is 58.9 Å². The average Bonchev–Trinajstić information content (AvgIpc) is 2.61. The van der Waals surface area contributed by atoms with E-state index in [0.717, 1.165) is 5.57 Å². The van der Waals surface area contributed by atoms with Crippen molar-refractivity contribution in [2.24, 2.45) is 11.1 Å². The van der Waals surface area contributed by atoms with E-state index in [1.165, 1.54) is 0 Å². The molecule has 0 saturated carbocycles. The van der Waals surface area contributed by atoms with Gasteiger partial charge in [-0.05, 0) is 18.1 Å². The quantitative estimate of drug-likeness (QED) is 0.735. The second kappa shape index (κ2) is 3.65. The lowest BCUT2D eigenvalue weighted by Crippen LogP contribution is -2.17. The summed E-state index contributed by atoms with van der Waals surface area (Å²) in [5, 5.41) is 12.2. The number of oxime groups is 1. The van der Waals surface area contributed by atoms with E-state index in [9.17, 15) is 4.79 Å². The van der Waals surface area contributed by atoms with E-state index < -0.39 is 5.97 Å². The van der Waals surface area contributed by atoms with E-state index in [1.807, 2.05) is 18.2 Å². The van der Waals surface area contributed by atoms with Crippen LogP contribution in [0.2, 0.25) is 0 Å². The molecule has 2 atom stereocenters. The van der Waals surface area contributed by atoms with Crippen molar-refractivity contribution in [2.45, 2.75) is 18.9 Å². The van der Waals surface area contributed by atoms with Crippen LogP contribution in [0.5, 0.6) is 0 Å². The van der Waals surface area contributed by atoms with Gasteiger partial charge in [-0.2, -0.15) is 0 Å². The monoisotopic (exact) mass is 193 g/mol. The van der Waals surface area contributed by atoms with Gasteiger partial charge in [-0.25, -0.2) is 0 Å². The molecule has 0 amide bonds. The second-order valence-electron chi connectivity index (χ2n) is 3.40. The highest BCUT2D eigenvalue weighted by atomic mass is 16.6. The lowest BCUT2D eigenvalue weighted by molar-refractivity contribution is -0.136. The molecule has 14 heavy (non-hydrogen) atoms. The van der Waals surface area contributed by atoms with Crippen LogP contribution in [0.3, 0.4) is 0 Å². The Hall–Kier alpha value is -1.58. The van der Waals surface area contributed by atoms with Crippen LogP contribution in [-0.4, -0.2) is 23.4 Å². The molecule has 2 aliphatic rings. The molecule has 0 fully saturated rings. The van der Waals surface area contributed by atoms with Crippen molar-refractivity contribution in [3.8, 4) is 0 Å². The first-order chi connectivity index (χ1) is 6.75. The zero-order valence-electron chi connectivity index (χ0n) is 7.59. The predicted molar refractivity (Wildman–Crippen MR) is 50.9 cm³/mol. The van der Waals surface area contributed by atoms with Crippen molar-refractivity contribution in [3.63, 3.8) is 0 Å². The van der Waals surface area contributed by atoms with Gasteiger partial charge in [0.1, 0.15) is 0 Å². The zero-order chi connectivity index (χ0) is 9.97.